The molecule has 1 heterocycles. The first-order valence-electron chi connectivity index (χ1n) is 9.94. The molecule has 0 spiro atoms. The molecule has 1 aliphatic heterocycles. The van der Waals surface area contributed by atoms with Crippen LogP contribution in [-0.2, 0) is 9.59 Å². The Hall–Kier alpha value is -2.84. The first-order valence-corrected chi connectivity index (χ1v) is 9.94. The van der Waals surface area contributed by atoms with Crippen molar-refractivity contribution >= 4 is 17.5 Å². The number of nitrogens with one attached hydrogen (secondary N) is 2. The van der Waals surface area contributed by atoms with Crippen molar-refractivity contribution in [1.82, 2.24) is 15.1 Å². The SMILES string of the molecule is C[C@H](NC(=O)CN1CCN(CC(=O)Nc2ccc(F)cc2)CC1)c1ccc(F)cc1. The minimum Gasteiger partial charge on any atom is -0.348 e. The summed E-state index contributed by atoms with van der Waals surface area (Å²) in [6, 6.07) is 11.5. The van der Waals surface area contributed by atoms with Crippen LogP contribution in [0.1, 0.15) is 18.5 Å². The zero-order chi connectivity index (χ0) is 21.5. The molecule has 0 bridgehead atoms. The van der Waals surface area contributed by atoms with Gasteiger partial charge in [0, 0.05) is 31.9 Å². The molecule has 1 saturated heterocycles. The van der Waals surface area contributed by atoms with E-state index in [-0.39, 0.29) is 42.6 Å². The van der Waals surface area contributed by atoms with E-state index in [0.29, 0.717) is 31.9 Å². The van der Waals surface area contributed by atoms with E-state index in [2.05, 4.69) is 10.6 Å². The normalized spacial score (nSPS) is 16.1. The van der Waals surface area contributed by atoms with Crippen LogP contribution in [0.2, 0.25) is 0 Å². The second-order valence-electron chi connectivity index (χ2n) is 7.45. The molecular weight excluding hydrogens is 390 g/mol. The summed E-state index contributed by atoms with van der Waals surface area (Å²) in [6.45, 7) is 5.11. The van der Waals surface area contributed by atoms with Crippen LogP contribution in [0.3, 0.4) is 0 Å². The second kappa shape index (κ2) is 10.3. The van der Waals surface area contributed by atoms with Crippen molar-refractivity contribution in [3.63, 3.8) is 0 Å². The molecule has 0 aliphatic carbocycles. The Bertz CT molecular complexity index is 850. The molecule has 6 nitrogen and oxygen atoms in total. The number of carbonyl (C=O) groups is 2. The van der Waals surface area contributed by atoms with E-state index in [1.807, 2.05) is 16.7 Å². The molecule has 0 aromatic heterocycles. The monoisotopic (exact) mass is 416 g/mol. The van der Waals surface area contributed by atoms with Crippen LogP contribution in [0.15, 0.2) is 48.5 Å². The minimum absolute atomic E-state index is 0.0886. The van der Waals surface area contributed by atoms with Crippen molar-refractivity contribution in [2.24, 2.45) is 0 Å². The van der Waals surface area contributed by atoms with E-state index in [1.54, 1.807) is 12.1 Å². The fourth-order valence-electron chi connectivity index (χ4n) is 3.37. The lowest BCUT2D eigenvalue weighted by molar-refractivity contribution is -0.124. The van der Waals surface area contributed by atoms with Crippen LogP contribution in [0.5, 0.6) is 0 Å². The van der Waals surface area contributed by atoms with Gasteiger partial charge in [-0.15, -0.1) is 0 Å². The molecule has 2 aromatic rings. The zero-order valence-corrected chi connectivity index (χ0v) is 16.9. The standard InChI is InChI=1S/C22H26F2N4O2/c1-16(17-2-4-18(23)5-3-17)25-21(29)14-27-10-12-28(13-11-27)15-22(30)26-20-8-6-19(24)7-9-20/h2-9,16H,10-15H2,1H3,(H,25,29)(H,26,30)/t16-/m0/s1. The van der Waals surface area contributed by atoms with Crippen molar-refractivity contribution in [2.45, 2.75) is 13.0 Å². The van der Waals surface area contributed by atoms with Gasteiger partial charge in [0.05, 0.1) is 19.1 Å². The lowest BCUT2D eigenvalue weighted by Gasteiger charge is -2.34. The summed E-state index contributed by atoms with van der Waals surface area (Å²) in [4.78, 5) is 28.5. The highest BCUT2D eigenvalue weighted by Gasteiger charge is 2.21. The third-order valence-electron chi connectivity index (χ3n) is 5.07. The Morgan fingerprint density at radius 1 is 0.833 bits per heavy atom. The van der Waals surface area contributed by atoms with Crippen LogP contribution < -0.4 is 10.6 Å². The van der Waals surface area contributed by atoms with E-state index < -0.39 is 0 Å². The van der Waals surface area contributed by atoms with Gasteiger partial charge in [0.1, 0.15) is 11.6 Å². The molecule has 0 radical (unpaired) electrons. The molecule has 1 aliphatic rings. The number of rotatable bonds is 7. The lowest BCUT2D eigenvalue weighted by Crippen LogP contribution is -2.51. The molecule has 1 atom stereocenters. The third-order valence-corrected chi connectivity index (χ3v) is 5.07. The quantitative estimate of drug-likeness (QED) is 0.728. The molecule has 2 N–H and O–H groups in total. The van der Waals surface area contributed by atoms with E-state index >= 15 is 0 Å². The summed E-state index contributed by atoms with van der Waals surface area (Å²) in [5.74, 6) is -0.892. The summed E-state index contributed by atoms with van der Waals surface area (Å²) >= 11 is 0. The molecule has 30 heavy (non-hydrogen) atoms. The summed E-state index contributed by atoms with van der Waals surface area (Å²) < 4.78 is 25.9. The number of hydrogen-bond donors (Lipinski definition) is 2. The second-order valence-corrected chi connectivity index (χ2v) is 7.45. The highest BCUT2D eigenvalue weighted by Crippen LogP contribution is 2.13. The van der Waals surface area contributed by atoms with Gasteiger partial charge in [-0.25, -0.2) is 8.78 Å². The fraction of sp³-hybridized carbons (Fsp3) is 0.364. The van der Waals surface area contributed by atoms with Crippen LogP contribution >= 0.6 is 0 Å². The Morgan fingerprint density at radius 2 is 1.30 bits per heavy atom. The van der Waals surface area contributed by atoms with Gasteiger partial charge >= 0.3 is 0 Å². The third kappa shape index (κ3) is 6.60. The number of hydrogen-bond acceptors (Lipinski definition) is 4. The molecule has 0 unspecified atom stereocenters. The van der Waals surface area contributed by atoms with Gasteiger partial charge < -0.3 is 10.6 Å². The highest BCUT2D eigenvalue weighted by atomic mass is 19.1. The van der Waals surface area contributed by atoms with Crippen molar-refractivity contribution < 1.29 is 18.4 Å². The van der Waals surface area contributed by atoms with Crippen molar-refractivity contribution in [1.29, 1.82) is 0 Å². The Labute approximate surface area is 174 Å². The number of anilines is 1. The van der Waals surface area contributed by atoms with Crippen LogP contribution in [0.25, 0.3) is 0 Å². The first-order chi connectivity index (χ1) is 14.4. The molecule has 8 heteroatoms. The lowest BCUT2D eigenvalue weighted by atomic mass is 10.1. The summed E-state index contributed by atoms with van der Waals surface area (Å²) in [5.41, 5.74) is 1.41. The smallest absolute Gasteiger partial charge is 0.238 e. The van der Waals surface area contributed by atoms with Crippen molar-refractivity contribution in [3.05, 3.63) is 65.7 Å². The minimum atomic E-state index is -0.347. The van der Waals surface area contributed by atoms with Gasteiger partial charge in [-0.2, -0.15) is 0 Å². The Kier molecular flexibility index (Phi) is 7.48. The summed E-state index contributed by atoms with van der Waals surface area (Å²) in [5, 5.41) is 5.68. The average molecular weight is 416 g/mol. The molecular formula is C22H26F2N4O2. The van der Waals surface area contributed by atoms with Crippen molar-refractivity contribution in [3.8, 4) is 0 Å². The maximum atomic E-state index is 13.0. The number of nitrogens with zero attached hydrogens (tertiary/aromatic N) is 2. The average Bonchev–Trinajstić information content (AvgIpc) is 2.71. The van der Waals surface area contributed by atoms with E-state index in [1.165, 1.54) is 36.4 Å². The van der Waals surface area contributed by atoms with Gasteiger partial charge in [0.15, 0.2) is 0 Å². The summed E-state index contributed by atoms with van der Waals surface area (Å²) in [7, 11) is 0. The van der Waals surface area contributed by atoms with Gasteiger partial charge in [0.2, 0.25) is 11.8 Å². The fourth-order valence-corrected chi connectivity index (χ4v) is 3.37. The molecule has 2 aromatic carbocycles. The largest absolute Gasteiger partial charge is 0.348 e. The summed E-state index contributed by atoms with van der Waals surface area (Å²) in [6.07, 6.45) is 0. The van der Waals surface area contributed by atoms with Gasteiger partial charge in [-0.1, -0.05) is 12.1 Å². The number of carbonyl (C=O) groups excluding carboxylic acids is 2. The van der Waals surface area contributed by atoms with Crippen molar-refractivity contribution in [2.75, 3.05) is 44.6 Å². The molecule has 1 fully saturated rings. The number of benzene rings is 2. The van der Waals surface area contributed by atoms with Gasteiger partial charge in [-0.05, 0) is 48.9 Å². The Balaban J connectivity index is 1.37. The molecule has 160 valence electrons. The molecule has 2 amide bonds. The first kappa shape index (κ1) is 21.9. The number of piperazine rings is 1. The van der Waals surface area contributed by atoms with E-state index in [0.717, 1.165) is 5.56 Å². The predicted octanol–water partition coefficient (Wildman–Crippen LogP) is 2.40. The predicted molar refractivity (Wildman–Crippen MR) is 111 cm³/mol. The van der Waals surface area contributed by atoms with Gasteiger partial charge in [0.25, 0.3) is 0 Å². The highest BCUT2D eigenvalue weighted by molar-refractivity contribution is 5.92. The molecule has 3 rings (SSSR count). The maximum Gasteiger partial charge on any atom is 0.238 e. The van der Waals surface area contributed by atoms with Gasteiger partial charge in [-0.3, -0.25) is 19.4 Å². The van der Waals surface area contributed by atoms with Crippen LogP contribution in [0.4, 0.5) is 14.5 Å². The van der Waals surface area contributed by atoms with Crippen LogP contribution in [-0.4, -0.2) is 60.9 Å². The molecule has 0 saturated carbocycles. The maximum absolute atomic E-state index is 13.0. The number of halogens is 2. The van der Waals surface area contributed by atoms with Crippen LogP contribution in [0, 0.1) is 11.6 Å². The zero-order valence-electron chi connectivity index (χ0n) is 16.9. The topological polar surface area (TPSA) is 64.7 Å². The van der Waals surface area contributed by atoms with E-state index in [9.17, 15) is 18.4 Å². The van der Waals surface area contributed by atoms with E-state index in [4.69, 9.17) is 0 Å². The Morgan fingerprint density at radius 3 is 1.83 bits per heavy atom. The number of amides is 2.